The molecule has 1 aliphatic heterocycles. The third-order valence-corrected chi connectivity index (χ3v) is 5.23. The molecule has 0 spiro atoms. The summed E-state index contributed by atoms with van der Waals surface area (Å²) in [5.74, 6) is 3.10. The summed E-state index contributed by atoms with van der Waals surface area (Å²) in [4.78, 5) is 7.02. The van der Waals surface area contributed by atoms with Crippen molar-refractivity contribution in [2.45, 2.75) is 32.8 Å². The summed E-state index contributed by atoms with van der Waals surface area (Å²) < 4.78 is 16.4. The highest BCUT2D eigenvalue weighted by Crippen LogP contribution is 2.27. The molecule has 3 rings (SSSR count). The molecule has 0 amide bonds. The fourth-order valence-electron chi connectivity index (χ4n) is 3.57. The minimum atomic E-state index is -1.11. The average Bonchev–Trinajstić information content (AvgIpc) is 3.36. The molecule has 8 heteroatoms. The second-order valence-corrected chi connectivity index (χ2v) is 7.90. The second kappa shape index (κ2) is 10.7. The van der Waals surface area contributed by atoms with Gasteiger partial charge in [-0.2, -0.15) is 0 Å². The van der Waals surface area contributed by atoms with Crippen LogP contribution < -0.4 is 10.6 Å². The molecule has 0 aliphatic carbocycles. The van der Waals surface area contributed by atoms with Crippen LogP contribution in [-0.2, 0) is 16.8 Å². The lowest BCUT2D eigenvalue weighted by atomic mass is 9.96. The van der Waals surface area contributed by atoms with Crippen molar-refractivity contribution in [1.29, 1.82) is 0 Å². The van der Waals surface area contributed by atoms with Gasteiger partial charge in [0.05, 0.1) is 26.0 Å². The van der Waals surface area contributed by atoms with Crippen LogP contribution in [0.3, 0.4) is 0 Å². The maximum absolute atomic E-state index is 11.0. The van der Waals surface area contributed by atoms with Gasteiger partial charge in [0, 0.05) is 44.7 Å². The van der Waals surface area contributed by atoms with Gasteiger partial charge < -0.3 is 29.3 Å². The molecule has 3 N–H and O–H groups in total. The van der Waals surface area contributed by atoms with E-state index in [0.29, 0.717) is 12.5 Å². The molecule has 1 saturated heterocycles. The van der Waals surface area contributed by atoms with E-state index in [9.17, 15) is 5.11 Å². The molecule has 8 nitrogen and oxygen atoms in total. The van der Waals surface area contributed by atoms with Crippen LogP contribution in [0.15, 0.2) is 38.3 Å². The monoisotopic (exact) mass is 418 g/mol. The summed E-state index contributed by atoms with van der Waals surface area (Å²) in [5, 5.41) is 17.7. The molecule has 1 unspecified atom stereocenters. The van der Waals surface area contributed by atoms with Crippen molar-refractivity contribution in [3.8, 4) is 0 Å². The zero-order valence-electron chi connectivity index (χ0n) is 18.2. The molecule has 30 heavy (non-hydrogen) atoms. The first-order chi connectivity index (χ1) is 14.4. The van der Waals surface area contributed by atoms with Crippen LogP contribution in [0.5, 0.6) is 0 Å². The zero-order chi connectivity index (χ0) is 21.4. The molecule has 166 valence electrons. The Morgan fingerprint density at radius 1 is 1.23 bits per heavy atom. The fraction of sp³-hybridized carbons (Fsp3) is 0.591. The smallest absolute Gasteiger partial charge is 0.191 e. The first kappa shape index (κ1) is 22.4. The number of aliphatic hydroxyl groups is 1. The first-order valence-electron chi connectivity index (χ1n) is 10.6. The SMILES string of the molecule is Cc1cc(C(C)(O)CN=C(NCCc2ccco2)NCCN2CCOCC2)c(C)o1. The summed E-state index contributed by atoms with van der Waals surface area (Å²) in [6.07, 6.45) is 2.44. The molecule has 3 heterocycles. The van der Waals surface area contributed by atoms with Gasteiger partial charge in [0.15, 0.2) is 5.96 Å². The third-order valence-electron chi connectivity index (χ3n) is 5.23. The van der Waals surface area contributed by atoms with E-state index in [0.717, 1.165) is 68.7 Å². The van der Waals surface area contributed by atoms with Crippen LogP contribution in [0, 0.1) is 13.8 Å². The van der Waals surface area contributed by atoms with Gasteiger partial charge in [0.1, 0.15) is 22.9 Å². The average molecular weight is 419 g/mol. The number of aliphatic imine (C=N–C) groups is 1. The van der Waals surface area contributed by atoms with Crippen LogP contribution in [0.4, 0.5) is 0 Å². The van der Waals surface area contributed by atoms with Gasteiger partial charge in [-0.25, -0.2) is 4.99 Å². The van der Waals surface area contributed by atoms with E-state index in [1.165, 1.54) is 0 Å². The molecular weight excluding hydrogens is 384 g/mol. The number of nitrogens with zero attached hydrogens (tertiary/aromatic N) is 2. The van der Waals surface area contributed by atoms with Crippen LogP contribution in [0.2, 0.25) is 0 Å². The van der Waals surface area contributed by atoms with Gasteiger partial charge in [-0.1, -0.05) is 0 Å². The topological polar surface area (TPSA) is 95.4 Å². The van der Waals surface area contributed by atoms with E-state index >= 15 is 0 Å². The van der Waals surface area contributed by atoms with Crippen molar-refractivity contribution in [3.63, 3.8) is 0 Å². The molecule has 2 aromatic heterocycles. The molecule has 0 aromatic carbocycles. The van der Waals surface area contributed by atoms with Gasteiger partial charge in [-0.3, -0.25) is 4.90 Å². The highest BCUT2D eigenvalue weighted by molar-refractivity contribution is 5.79. The number of furan rings is 2. The van der Waals surface area contributed by atoms with Crippen LogP contribution in [0.25, 0.3) is 0 Å². The Kier molecular flexibility index (Phi) is 7.95. The van der Waals surface area contributed by atoms with Crippen molar-refractivity contribution in [2.24, 2.45) is 4.99 Å². The zero-order valence-corrected chi connectivity index (χ0v) is 18.2. The van der Waals surface area contributed by atoms with Gasteiger partial charge in [-0.05, 0) is 39.0 Å². The number of morpholine rings is 1. The Balaban J connectivity index is 1.58. The lowest BCUT2D eigenvalue weighted by Crippen LogP contribution is -2.45. The Labute approximate surface area is 178 Å². The van der Waals surface area contributed by atoms with Gasteiger partial charge >= 0.3 is 0 Å². The Morgan fingerprint density at radius 2 is 2.00 bits per heavy atom. The van der Waals surface area contributed by atoms with Crippen molar-refractivity contribution in [2.75, 3.05) is 52.5 Å². The Morgan fingerprint density at radius 3 is 2.67 bits per heavy atom. The summed E-state index contributed by atoms with van der Waals surface area (Å²) >= 11 is 0. The highest BCUT2D eigenvalue weighted by Gasteiger charge is 2.27. The number of ether oxygens (including phenoxy) is 1. The highest BCUT2D eigenvalue weighted by atomic mass is 16.5. The summed E-state index contributed by atoms with van der Waals surface area (Å²) in [6.45, 7) is 11.6. The van der Waals surface area contributed by atoms with E-state index < -0.39 is 5.60 Å². The standard InChI is InChI=1S/C22H34N4O4/c1-17-15-20(18(2)30-17)22(3,27)16-25-21(23-7-6-19-5-4-12-29-19)24-8-9-26-10-13-28-14-11-26/h4-5,12,15,27H,6-11,13-14,16H2,1-3H3,(H2,23,24,25). The molecular formula is C22H34N4O4. The lowest BCUT2D eigenvalue weighted by Gasteiger charge is -2.27. The van der Waals surface area contributed by atoms with E-state index in [1.807, 2.05) is 32.0 Å². The Bertz CT molecular complexity index is 792. The van der Waals surface area contributed by atoms with Gasteiger partial charge in [0.25, 0.3) is 0 Å². The minimum absolute atomic E-state index is 0.223. The number of rotatable bonds is 9. The van der Waals surface area contributed by atoms with E-state index in [1.54, 1.807) is 13.2 Å². The third kappa shape index (κ3) is 6.62. The number of nitrogens with one attached hydrogen (secondary N) is 2. The molecule has 0 bridgehead atoms. The second-order valence-electron chi connectivity index (χ2n) is 7.90. The van der Waals surface area contributed by atoms with E-state index in [2.05, 4.69) is 20.5 Å². The van der Waals surface area contributed by atoms with Crippen molar-refractivity contribution in [3.05, 3.63) is 47.3 Å². The molecule has 1 fully saturated rings. The maximum atomic E-state index is 11.0. The molecule has 1 aliphatic rings. The number of hydrogen-bond acceptors (Lipinski definition) is 6. The normalized spacial score (nSPS) is 17.7. The summed E-state index contributed by atoms with van der Waals surface area (Å²) in [6, 6.07) is 5.72. The molecule has 0 radical (unpaired) electrons. The number of guanidine groups is 1. The predicted molar refractivity (Wildman–Crippen MR) is 116 cm³/mol. The lowest BCUT2D eigenvalue weighted by molar-refractivity contribution is 0.0389. The van der Waals surface area contributed by atoms with Gasteiger partial charge in [0.2, 0.25) is 0 Å². The van der Waals surface area contributed by atoms with E-state index in [4.69, 9.17) is 13.6 Å². The van der Waals surface area contributed by atoms with Crippen LogP contribution in [0.1, 0.15) is 29.8 Å². The number of hydrogen-bond donors (Lipinski definition) is 3. The van der Waals surface area contributed by atoms with Crippen LogP contribution in [-0.4, -0.2) is 68.4 Å². The van der Waals surface area contributed by atoms with Crippen molar-refractivity contribution >= 4 is 5.96 Å². The van der Waals surface area contributed by atoms with E-state index in [-0.39, 0.29) is 6.54 Å². The predicted octanol–water partition coefficient (Wildman–Crippen LogP) is 1.81. The maximum Gasteiger partial charge on any atom is 0.191 e. The van der Waals surface area contributed by atoms with Crippen molar-refractivity contribution < 1.29 is 18.7 Å². The quantitative estimate of drug-likeness (QED) is 0.422. The summed E-state index contributed by atoms with van der Waals surface area (Å²) in [5.41, 5.74) is -0.339. The van der Waals surface area contributed by atoms with Crippen LogP contribution >= 0.6 is 0 Å². The van der Waals surface area contributed by atoms with Gasteiger partial charge in [-0.15, -0.1) is 0 Å². The number of aryl methyl sites for hydroxylation is 2. The largest absolute Gasteiger partial charge is 0.469 e. The molecule has 1 atom stereocenters. The molecule has 2 aromatic rings. The first-order valence-corrected chi connectivity index (χ1v) is 10.6. The molecule has 0 saturated carbocycles. The minimum Gasteiger partial charge on any atom is -0.469 e. The Hall–Kier alpha value is -2.29. The fourth-order valence-corrected chi connectivity index (χ4v) is 3.57. The summed E-state index contributed by atoms with van der Waals surface area (Å²) in [7, 11) is 0. The van der Waals surface area contributed by atoms with Crippen molar-refractivity contribution in [1.82, 2.24) is 15.5 Å².